The standard InChI is InChI=1S/C31H18N2S/c1-18-7-9-19(10-8-18)21-13-11-20-12-14-23-25(31-33-26-5-3-4-6-28(26)34-31)17-27(32-2)24-16-15-22(21)29(20)30(23)24/h3-17H,1H3. The molecule has 0 N–H and O–H groups in total. The van der Waals surface area contributed by atoms with Crippen molar-refractivity contribution in [3.8, 4) is 21.7 Å². The first-order valence-electron chi connectivity index (χ1n) is 11.3. The van der Waals surface area contributed by atoms with Crippen LogP contribution in [0.2, 0.25) is 0 Å². The Morgan fingerprint density at radius 2 is 1.47 bits per heavy atom. The number of nitrogens with zero attached hydrogens (tertiary/aromatic N) is 2. The molecule has 0 atom stereocenters. The van der Waals surface area contributed by atoms with E-state index in [1.807, 2.05) is 18.2 Å². The Kier molecular flexibility index (Phi) is 4.03. The lowest BCUT2D eigenvalue weighted by Gasteiger charge is -2.17. The van der Waals surface area contributed by atoms with Crippen LogP contribution in [-0.4, -0.2) is 4.98 Å². The highest BCUT2D eigenvalue weighted by Gasteiger charge is 2.19. The largest absolute Gasteiger partial charge is 0.237 e. The fourth-order valence-electron chi connectivity index (χ4n) is 5.12. The van der Waals surface area contributed by atoms with E-state index in [0.717, 1.165) is 36.9 Å². The van der Waals surface area contributed by atoms with Crippen LogP contribution in [0.4, 0.5) is 5.69 Å². The summed E-state index contributed by atoms with van der Waals surface area (Å²) in [5.74, 6) is 0. The second-order valence-electron chi connectivity index (χ2n) is 8.77. The number of aromatic nitrogens is 1. The number of hydrogen-bond acceptors (Lipinski definition) is 2. The molecule has 0 radical (unpaired) electrons. The number of thiazole rings is 1. The van der Waals surface area contributed by atoms with Gasteiger partial charge in [0.05, 0.1) is 16.8 Å². The molecular weight excluding hydrogens is 432 g/mol. The first-order valence-corrected chi connectivity index (χ1v) is 12.1. The highest BCUT2D eigenvalue weighted by molar-refractivity contribution is 7.21. The summed E-state index contributed by atoms with van der Waals surface area (Å²) < 4.78 is 1.16. The smallest absolute Gasteiger partial charge is 0.195 e. The number of aryl methyl sites for hydroxylation is 1. The van der Waals surface area contributed by atoms with Crippen LogP contribution in [-0.2, 0) is 0 Å². The van der Waals surface area contributed by atoms with E-state index in [-0.39, 0.29) is 0 Å². The topological polar surface area (TPSA) is 17.2 Å². The monoisotopic (exact) mass is 450 g/mol. The molecule has 158 valence electrons. The van der Waals surface area contributed by atoms with E-state index in [9.17, 15) is 0 Å². The van der Waals surface area contributed by atoms with Gasteiger partial charge in [-0.2, -0.15) is 0 Å². The van der Waals surface area contributed by atoms with Gasteiger partial charge >= 0.3 is 0 Å². The Morgan fingerprint density at radius 1 is 0.735 bits per heavy atom. The minimum absolute atomic E-state index is 0.678. The zero-order chi connectivity index (χ0) is 22.8. The van der Waals surface area contributed by atoms with Crippen molar-refractivity contribution < 1.29 is 0 Å². The van der Waals surface area contributed by atoms with E-state index >= 15 is 0 Å². The lowest BCUT2D eigenvalue weighted by atomic mass is 9.88. The van der Waals surface area contributed by atoms with Gasteiger partial charge in [0.2, 0.25) is 0 Å². The highest BCUT2D eigenvalue weighted by atomic mass is 32.1. The van der Waals surface area contributed by atoms with Gasteiger partial charge in [0, 0.05) is 5.56 Å². The molecule has 1 aromatic heterocycles. The van der Waals surface area contributed by atoms with Crippen LogP contribution in [0.25, 0.3) is 69.1 Å². The summed E-state index contributed by atoms with van der Waals surface area (Å²) in [5, 5.41) is 7.92. The van der Waals surface area contributed by atoms with E-state index in [2.05, 4.69) is 84.6 Å². The first-order chi connectivity index (χ1) is 16.7. The maximum atomic E-state index is 7.93. The average molecular weight is 451 g/mol. The van der Waals surface area contributed by atoms with Gasteiger partial charge in [-0.05, 0) is 68.6 Å². The molecule has 0 unspecified atom stereocenters. The molecule has 7 aromatic rings. The van der Waals surface area contributed by atoms with E-state index in [1.165, 1.54) is 32.8 Å². The van der Waals surface area contributed by atoms with Crippen molar-refractivity contribution >= 4 is 59.6 Å². The van der Waals surface area contributed by atoms with E-state index in [1.54, 1.807) is 11.3 Å². The Morgan fingerprint density at radius 3 is 2.29 bits per heavy atom. The Hall–Kier alpha value is -4.26. The summed E-state index contributed by atoms with van der Waals surface area (Å²) in [4.78, 5) is 8.86. The predicted octanol–water partition coefficient (Wildman–Crippen LogP) is 9.39. The lowest BCUT2D eigenvalue weighted by molar-refractivity contribution is 1.47. The zero-order valence-electron chi connectivity index (χ0n) is 18.5. The van der Waals surface area contributed by atoms with Crippen LogP contribution in [0.5, 0.6) is 0 Å². The quantitative estimate of drug-likeness (QED) is 0.189. The van der Waals surface area contributed by atoms with Crippen molar-refractivity contribution in [1.82, 2.24) is 4.98 Å². The van der Waals surface area contributed by atoms with Gasteiger partial charge in [0.15, 0.2) is 5.69 Å². The lowest BCUT2D eigenvalue weighted by Crippen LogP contribution is -1.90. The molecule has 6 aromatic carbocycles. The molecule has 0 spiro atoms. The molecule has 2 nitrogen and oxygen atoms in total. The van der Waals surface area contributed by atoms with Crippen LogP contribution < -0.4 is 0 Å². The van der Waals surface area contributed by atoms with Gasteiger partial charge in [-0.25, -0.2) is 9.83 Å². The summed E-state index contributed by atoms with van der Waals surface area (Å²) >= 11 is 1.69. The second kappa shape index (κ2) is 7.12. The Bertz CT molecular complexity index is 1890. The third kappa shape index (κ3) is 2.70. The SMILES string of the molecule is [C-]#[N+]c1cc(-c2nc3ccccc3s2)c2ccc3ccc(-c4ccc(C)cc4)c4ccc1c2c34. The van der Waals surface area contributed by atoms with Crippen molar-refractivity contribution in [1.29, 1.82) is 0 Å². The molecular formula is C31H18N2S. The van der Waals surface area contributed by atoms with Crippen LogP contribution in [0, 0.1) is 13.5 Å². The third-order valence-corrected chi connectivity index (χ3v) is 7.84. The van der Waals surface area contributed by atoms with E-state index in [0.29, 0.717) is 5.69 Å². The molecule has 0 fully saturated rings. The molecule has 3 heteroatoms. The van der Waals surface area contributed by atoms with Crippen LogP contribution in [0.15, 0.2) is 91.0 Å². The van der Waals surface area contributed by atoms with Crippen LogP contribution in [0.1, 0.15) is 5.56 Å². The van der Waals surface area contributed by atoms with E-state index < -0.39 is 0 Å². The fraction of sp³-hybridized carbons (Fsp3) is 0.0323. The molecule has 0 aliphatic heterocycles. The predicted molar refractivity (Wildman–Crippen MR) is 145 cm³/mol. The average Bonchev–Trinajstić information content (AvgIpc) is 3.31. The van der Waals surface area contributed by atoms with Crippen LogP contribution >= 0.6 is 11.3 Å². The van der Waals surface area contributed by atoms with Gasteiger partial charge in [-0.15, -0.1) is 11.3 Å². The zero-order valence-corrected chi connectivity index (χ0v) is 19.3. The molecule has 0 aliphatic rings. The summed E-state index contributed by atoms with van der Waals surface area (Å²) in [6.07, 6.45) is 0. The molecule has 34 heavy (non-hydrogen) atoms. The molecule has 0 bridgehead atoms. The summed E-state index contributed by atoms with van der Waals surface area (Å²) in [6.45, 7) is 10.0. The molecule has 0 aliphatic carbocycles. The van der Waals surface area contributed by atoms with Gasteiger partial charge < -0.3 is 0 Å². The van der Waals surface area contributed by atoms with Crippen molar-refractivity contribution in [3.63, 3.8) is 0 Å². The molecule has 0 saturated carbocycles. The summed E-state index contributed by atoms with van der Waals surface area (Å²) in [6, 6.07) is 32.1. The second-order valence-corrected chi connectivity index (χ2v) is 9.80. The Labute approximate surface area is 200 Å². The summed E-state index contributed by atoms with van der Waals surface area (Å²) in [7, 11) is 0. The molecule has 0 amide bonds. The molecule has 1 heterocycles. The molecule has 0 saturated heterocycles. The van der Waals surface area contributed by atoms with Crippen molar-refractivity contribution in [2.75, 3.05) is 0 Å². The number of hydrogen-bond donors (Lipinski definition) is 0. The first kappa shape index (κ1) is 19.2. The van der Waals surface area contributed by atoms with Crippen LogP contribution in [0.3, 0.4) is 0 Å². The third-order valence-electron chi connectivity index (χ3n) is 6.77. The van der Waals surface area contributed by atoms with Gasteiger partial charge in [0.1, 0.15) is 5.01 Å². The van der Waals surface area contributed by atoms with E-state index in [4.69, 9.17) is 11.6 Å². The molecule has 7 rings (SSSR count). The Balaban J connectivity index is 1.61. The number of rotatable bonds is 2. The van der Waals surface area contributed by atoms with Gasteiger partial charge in [-0.3, -0.25) is 0 Å². The van der Waals surface area contributed by atoms with Gasteiger partial charge in [0.25, 0.3) is 0 Å². The summed E-state index contributed by atoms with van der Waals surface area (Å²) in [5.41, 5.74) is 6.39. The van der Waals surface area contributed by atoms with Gasteiger partial charge in [-0.1, -0.05) is 78.4 Å². The maximum Gasteiger partial charge on any atom is 0.195 e. The minimum atomic E-state index is 0.678. The van der Waals surface area contributed by atoms with Crippen molar-refractivity contribution in [2.45, 2.75) is 6.92 Å². The minimum Gasteiger partial charge on any atom is -0.237 e. The number of fused-ring (bicyclic) bond motifs is 1. The maximum absolute atomic E-state index is 7.93. The number of benzene rings is 6. The highest BCUT2D eigenvalue weighted by Crippen LogP contribution is 2.46. The normalized spacial score (nSPS) is 11.6. The van der Waals surface area contributed by atoms with Crippen molar-refractivity contribution in [3.05, 3.63) is 108 Å². The van der Waals surface area contributed by atoms with Crippen molar-refractivity contribution in [2.24, 2.45) is 0 Å². The number of para-hydroxylation sites is 1. The fourth-order valence-corrected chi connectivity index (χ4v) is 6.12.